The van der Waals surface area contributed by atoms with Crippen LogP contribution in [0, 0.1) is 5.82 Å². The highest BCUT2D eigenvalue weighted by Gasteiger charge is 2.22. The zero-order valence-electron chi connectivity index (χ0n) is 14.8. The second kappa shape index (κ2) is 7.61. The van der Waals surface area contributed by atoms with Crippen molar-refractivity contribution in [2.24, 2.45) is 0 Å². The molecule has 1 N–H and O–H groups in total. The van der Waals surface area contributed by atoms with Crippen LogP contribution in [-0.2, 0) is 13.2 Å². The molecular weight excluding hydrogens is 345 g/mol. The molecule has 0 saturated carbocycles. The van der Waals surface area contributed by atoms with Gasteiger partial charge in [0.2, 0.25) is 0 Å². The Morgan fingerprint density at radius 1 is 1.19 bits per heavy atom. The van der Waals surface area contributed by atoms with Crippen molar-refractivity contribution in [1.29, 1.82) is 0 Å². The molecule has 0 aliphatic heterocycles. The molecule has 1 aliphatic rings. The van der Waals surface area contributed by atoms with Crippen LogP contribution in [0.2, 0.25) is 0 Å². The van der Waals surface area contributed by atoms with Gasteiger partial charge in [-0.05, 0) is 60.7 Å². The van der Waals surface area contributed by atoms with Crippen LogP contribution in [-0.4, -0.2) is 15.7 Å². The van der Waals surface area contributed by atoms with Gasteiger partial charge in [-0.2, -0.15) is 5.10 Å². The van der Waals surface area contributed by atoms with Crippen molar-refractivity contribution < 1.29 is 13.9 Å². The Morgan fingerprint density at radius 2 is 2.00 bits per heavy atom. The summed E-state index contributed by atoms with van der Waals surface area (Å²) in [7, 11) is 0. The number of carbonyl (C=O) groups excluding carboxylic acids is 1. The molecule has 0 saturated heterocycles. The number of aryl methyl sites for hydroxylation is 1. The van der Waals surface area contributed by atoms with Crippen LogP contribution in [0.25, 0.3) is 0 Å². The molecule has 1 heterocycles. The summed E-state index contributed by atoms with van der Waals surface area (Å²) in [6, 6.07) is 15.7. The highest BCUT2D eigenvalue weighted by atomic mass is 19.1. The normalized spacial score (nSPS) is 15.8. The number of carbonyl (C=O) groups is 1. The molecule has 1 aliphatic carbocycles. The van der Waals surface area contributed by atoms with Gasteiger partial charge >= 0.3 is 0 Å². The van der Waals surface area contributed by atoms with E-state index in [4.69, 9.17) is 4.74 Å². The average Bonchev–Trinajstić information content (AvgIpc) is 3.17. The monoisotopic (exact) mass is 365 g/mol. The van der Waals surface area contributed by atoms with Gasteiger partial charge in [0, 0.05) is 6.20 Å². The van der Waals surface area contributed by atoms with Gasteiger partial charge in [0.05, 0.1) is 6.04 Å². The van der Waals surface area contributed by atoms with Crippen molar-refractivity contribution in [3.8, 4) is 5.75 Å². The van der Waals surface area contributed by atoms with Crippen molar-refractivity contribution in [2.45, 2.75) is 32.0 Å². The molecule has 27 heavy (non-hydrogen) atoms. The zero-order chi connectivity index (χ0) is 18.6. The topological polar surface area (TPSA) is 56.2 Å². The Hall–Kier alpha value is -3.15. The molecule has 2 aromatic carbocycles. The standard InChI is InChI=1S/C21H20FN3O2/c22-16-8-10-17(11-9-16)27-14-25-13-12-20(24-25)21(26)23-19-7-3-5-15-4-1-2-6-18(15)19/h1-2,4,6,8-13,19H,3,5,7,14H2,(H,23,26). The lowest BCUT2D eigenvalue weighted by Gasteiger charge is -2.26. The highest BCUT2D eigenvalue weighted by molar-refractivity contribution is 5.92. The van der Waals surface area contributed by atoms with Crippen molar-refractivity contribution in [3.63, 3.8) is 0 Å². The van der Waals surface area contributed by atoms with Gasteiger partial charge in [0.15, 0.2) is 6.73 Å². The maximum atomic E-state index is 12.9. The van der Waals surface area contributed by atoms with E-state index >= 15 is 0 Å². The van der Waals surface area contributed by atoms with Crippen molar-refractivity contribution >= 4 is 5.91 Å². The minimum Gasteiger partial charge on any atom is -0.471 e. The van der Waals surface area contributed by atoms with Gasteiger partial charge in [-0.3, -0.25) is 4.79 Å². The second-order valence-electron chi connectivity index (χ2n) is 6.58. The number of ether oxygens (including phenoxy) is 1. The highest BCUT2D eigenvalue weighted by Crippen LogP contribution is 2.29. The van der Waals surface area contributed by atoms with E-state index in [1.54, 1.807) is 24.4 Å². The van der Waals surface area contributed by atoms with Gasteiger partial charge in [-0.25, -0.2) is 9.07 Å². The van der Waals surface area contributed by atoms with Gasteiger partial charge in [-0.15, -0.1) is 0 Å². The van der Waals surface area contributed by atoms with E-state index in [1.807, 2.05) is 12.1 Å². The number of rotatable bonds is 5. The number of aromatic nitrogens is 2. The molecule has 6 heteroatoms. The van der Waals surface area contributed by atoms with Gasteiger partial charge in [-0.1, -0.05) is 24.3 Å². The van der Waals surface area contributed by atoms with Crippen molar-refractivity contribution in [1.82, 2.24) is 15.1 Å². The fourth-order valence-corrected chi connectivity index (χ4v) is 3.36. The summed E-state index contributed by atoms with van der Waals surface area (Å²) < 4.78 is 20.0. The van der Waals surface area contributed by atoms with Gasteiger partial charge < -0.3 is 10.1 Å². The predicted molar refractivity (Wildman–Crippen MR) is 98.8 cm³/mol. The summed E-state index contributed by atoms with van der Waals surface area (Å²) in [5, 5.41) is 7.36. The Balaban J connectivity index is 1.38. The molecule has 1 unspecified atom stereocenters. The maximum Gasteiger partial charge on any atom is 0.272 e. The Morgan fingerprint density at radius 3 is 2.85 bits per heavy atom. The lowest BCUT2D eigenvalue weighted by Crippen LogP contribution is -2.31. The lowest BCUT2D eigenvalue weighted by atomic mass is 9.88. The Bertz CT molecular complexity index is 937. The van der Waals surface area contributed by atoms with Gasteiger partial charge in [0.25, 0.3) is 5.91 Å². The first-order valence-corrected chi connectivity index (χ1v) is 8.99. The summed E-state index contributed by atoms with van der Waals surface area (Å²) >= 11 is 0. The van der Waals surface area contributed by atoms with E-state index in [0.29, 0.717) is 11.4 Å². The number of halogens is 1. The molecule has 0 bridgehead atoms. The first-order chi connectivity index (χ1) is 13.2. The third-order valence-corrected chi connectivity index (χ3v) is 4.73. The molecule has 5 nitrogen and oxygen atoms in total. The zero-order valence-corrected chi connectivity index (χ0v) is 14.8. The Labute approximate surface area is 156 Å². The average molecular weight is 365 g/mol. The van der Waals surface area contributed by atoms with Gasteiger partial charge in [0.1, 0.15) is 17.3 Å². The molecular formula is C21H20FN3O2. The van der Waals surface area contributed by atoms with Crippen LogP contribution in [0.5, 0.6) is 5.75 Å². The quantitative estimate of drug-likeness (QED) is 0.747. The molecule has 0 fully saturated rings. The maximum absolute atomic E-state index is 12.9. The minimum absolute atomic E-state index is 0.0167. The van der Waals surface area contributed by atoms with E-state index in [9.17, 15) is 9.18 Å². The van der Waals surface area contributed by atoms with Crippen LogP contribution in [0.4, 0.5) is 4.39 Å². The number of amides is 1. The first-order valence-electron chi connectivity index (χ1n) is 8.99. The number of hydrogen-bond acceptors (Lipinski definition) is 3. The summed E-state index contributed by atoms with van der Waals surface area (Å²) in [6.45, 7) is 0.144. The Kier molecular flexibility index (Phi) is 4.87. The van der Waals surface area contributed by atoms with E-state index in [-0.39, 0.29) is 24.5 Å². The van der Waals surface area contributed by atoms with Crippen molar-refractivity contribution in [3.05, 3.63) is 83.4 Å². The minimum atomic E-state index is -0.315. The summed E-state index contributed by atoms with van der Waals surface area (Å²) in [4.78, 5) is 12.6. The second-order valence-corrected chi connectivity index (χ2v) is 6.58. The van der Waals surface area contributed by atoms with E-state index < -0.39 is 0 Å². The first kappa shape index (κ1) is 17.3. The van der Waals surface area contributed by atoms with Crippen LogP contribution in [0.1, 0.15) is 40.5 Å². The van der Waals surface area contributed by atoms with Crippen LogP contribution < -0.4 is 10.1 Å². The van der Waals surface area contributed by atoms with Crippen LogP contribution in [0.3, 0.4) is 0 Å². The summed E-state index contributed by atoms with van der Waals surface area (Å²) in [5.74, 6) is 0.0265. The fraction of sp³-hybridized carbons (Fsp3) is 0.238. The van der Waals surface area contributed by atoms with E-state index in [1.165, 1.54) is 27.9 Å². The smallest absolute Gasteiger partial charge is 0.272 e. The predicted octanol–water partition coefficient (Wildman–Crippen LogP) is 3.87. The number of benzene rings is 2. The van der Waals surface area contributed by atoms with E-state index in [2.05, 4.69) is 22.5 Å². The SMILES string of the molecule is O=C(NC1CCCc2ccccc21)c1ccn(COc2ccc(F)cc2)n1. The molecule has 1 amide bonds. The number of hydrogen-bond donors (Lipinski definition) is 1. The van der Waals surface area contributed by atoms with Crippen molar-refractivity contribution in [2.75, 3.05) is 0 Å². The lowest BCUT2D eigenvalue weighted by molar-refractivity contribution is 0.0925. The third kappa shape index (κ3) is 4.00. The summed E-state index contributed by atoms with van der Waals surface area (Å²) in [6.07, 6.45) is 4.73. The number of nitrogens with one attached hydrogen (secondary N) is 1. The van der Waals surface area contributed by atoms with Crippen LogP contribution >= 0.6 is 0 Å². The number of fused-ring (bicyclic) bond motifs is 1. The molecule has 4 rings (SSSR count). The van der Waals surface area contributed by atoms with E-state index in [0.717, 1.165) is 19.3 Å². The molecule has 3 aromatic rings. The number of nitrogens with zero attached hydrogens (tertiary/aromatic N) is 2. The molecule has 1 atom stereocenters. The largest absolute Gasteiger partial charge is 0.471 e. The molecule has 0 radical (unpaired) electrons. The third-order valence-electron chi connectivity index (χ3n) is 4.73. The molecule has 1 aromatic heterocycles. The fourth-order valence-electron chi connectivity index (χ4n) is 3.36. The van der Waals surface area contributed by atoms with Crippen LogP contribution in [0.15, 0.2) is 60.8 Å². The summed E-state index contributed by atoms with van der Waals surface area (Å²) in [5.41, 5.74) is 2.84. The molecule has 0 spiro atoms. The molecule has 138 valence electrons.